The molecule has 5 nitrogen and oxygen atoms in total. The van der Waals surface area contributed by atoms with Crippen LogP contribution in [0.2, 0.25) is 5.02 Å². The fraction of sp³-hybridized carbons (Fsp3) is 0.0870. The maximum absolute atomic E-state index is 13.0. The molecule has 0 aliphatic rings. The van der Waals surface area contributed by atoms with Gasteiger partial charge in [-0.05, 0) is 29.8 Å². The Hall–Kier alpha value is -3.22. The Balaban J connectivity index is 1.55. The Morgan fingerprint density at radius 3 is 2.63 bits per heavy atom. The molecule has 0 saturated carbocycles. The standard InChI is InChI=1S/C23H18ClN3O2S/c24-18-8-4-7-17(13-18)20-9-10-21(30-20)23(29)26-19(14-27-12-11-25-15-27)22(28)16-5-2-1-3-6-16/h1-13,15,19H,14H2,(H,26,29). The molecule has 2 aromatic carbocycles. The molecule has 2 heterocycles. The molecule has 0 aliphatic carbocycles. The first-order valence-electron chi connectivity index (χ1n) is 9.32. The van der Waals surface area contributed by atoms with E-state index in [-0.39, 0.29) is 11.7 Å². The SMILES string of the molecule is O=C(NC(Cn1ccnc1)C(=O)c1ccccc1)c1ccc(-c2cccc(Cl)c2)s1. The molecule has 1 amide bonds. The first-order chi connectivity index (χ1) is 14.6. The first kappa shape index (κ1) is 20.1. The van der Waals surface area contributed by atoms with Crippen molar-refractivity contribution < 1.29 is 9.59 Å². The second-order valence-electron chi connectivity index (χ2n) is 6.69. The van der Waals surface area contributed by atoms with Gasteiger partial charge < -0.3 is 9.88 Å². The van der Waals surface area contributed by atoms with Gasteiger partial charge in [-0.1, -0.05) is 54.1 Å². The molecule has 1 unspecified atom stereocenters. The number of hydrogen-bond donors (Lipinski definition) is 1. The van der Waals surface area contributed by atoms with Crippen LogP contribution in [0.5, 0.6) is 0 Å². The van der Waals surface area contributed by atoms with E-state index in [0.717, 1.165) is 10.4 Å². The van der Waals surface area contributed by atoms with Crippen LogP contribution >= 0.6 is 22.9 Å². The lowest BCUT2D eigenvalue weighted by atomic mass is 10.0. The van der Waals surface area contributed by atoms with Crippen molar-refractivity contribution in [3.8, 4) is 10.4 Å². The van der Waals surface area contributed by atoms with Crippen LogP contribution in [-0.4, -0.2) is 27.3 Å². The molecule has 0 saturated heterocycles. The van der Waals surface area contributed by atoms with E-state index >= 15 is 0 Å². The Kier molecular flexibility index (Phi) is 6.07. The van der Waals surface area contributed by atoms with E-state index in [1.54, 1.807) is 53.6 Å². The number of Topliss-reactive ketones (excluding diaryl/α,β-unsaturated/α-hetero) is 1. The minimum Gasteiger partial charge on any atom is -0.339 e. The molecule has 2 aromatic heterocycles. The number of benzene rings is 2. The second-order valence-corrected chi connectivity index (χ2v) is 8.21. The van der Waals surface area contributed by atoms with Gasteiger partial charge in [0.15, 0.2) is 5.78 Å². The van der Waals surface area contributed by atoms with Crippen LogP contribution in [0.3, 0.4) is 0 Å². The summed E-state index contributed by atoms with van der Waals surface area (Å²) < 4.78 is 1.78. The maximum atomic E-state index is 13.0. The summed E-state index contributed by atoms with van der Waals surface area (Å²) in [5.74, 6) is -0.438. The number of halogens is 1. The number of nitrogens with one attached hydrogen (secondary N) is 1. The summed E-state index contributed by atoms with van der Waals surface area (Å²) in [5.41, 5.74) is 1.50. The highest BCUT2D eigenvalue weighted by atomic mass is 35.5. The van der Waals surface area contributed by atoms with Gasteiger partial charge in [-0.3, -0.25) is 9.59 Å². The summed E-state index contributed by atoms with van der Waals surface area (Å²) in [6.07, 6.45) is 5.03. The summed E-state index contributed by atoms with van der Waals surface area (Å²) in [7, 11) is 0. The number of thiophene rings is 1. The zero-order chi connectivity index (χ0) is 20.9. The van der Waals surface area contributed by atoms with Crippen molar-refractivity contribution in [2.75, 3.05) is 0 Å². The number of imidazole rings is 1. The van der Waals surface area contributed by atoms with Crippen LogP contribution in [0.25, 0.3) is 10.4 Å². The number of hydrogen-bond acceptors (Lipinski definition) is 4. The maximum Gasteiger partial charge on any atom is 0.262 e. The Labute approximate surface area is 183 Å². The Bertz CT molecular complexity index is 1160. The monoisotopic (exact) mass is 435 g/mol. The lowest BCUT2D eigenvalue weighted by Crippen LogP contribution is -2.43. The van der Waals surface area contributed by atoms with Gasteiger partial charge >= 0.3 is 0 Å². The average molecular weight is 436 g/mol. The molecule has 1 N–H and O–H groups in total. The van der Waals surface area contributed by atoms with Gasteiger partial charge in [0.25, 0.3) is 5.91 Å². The van der Waals surface area contributed by atoms with Crippen molar-refractivity contribution in [1.82, 2.24) is 14.9 Å². The molecule has 30 heavy (non-hydrogen) atoms. The molecule has 0 bridgehead atoms. The third-order valence-corrected chi connectivity index (χ3v) is 5.94. The third-order valence-electron chi connectivity index (χ3n) is 4.57. The highest BCUT2D eigenvalue weighted by Gasteiger charge is 2.24. The van der Waals surface area contributed by atoms with Crippen molar-refractivity contribution in [2.45, 2.75) is 12.6 Å². The number of rotatable bonds is 7. The van der Waals surface area contributed by atoms with Gasteiger partial charge in [0.2, 0.25) is 0 Å². The molecule has 1 atom stereocenters. The summed E-state index contributed by atoms with van der Waals surface area (Å²) in [5, 5.41) is 3.53. The third kappa shape index (κ3) is 4.67. The number of aromatic nitrogens is 2. The summed E-state index contributed by atoms with van der Waals surface area (Å²) in [6.45, 7) is 0.298. The minimum absolute atomic E-state index is 0.149. The van der Waals surface area contributed by atoms with Crippen LogP contribution in [-0.2, 0) is 6.54 Å². The van der Waals surface area contributed by atoms with Crippen LogP contribution in [0.4, 0.5) is 0 Å². The van der Waals surface area contributed by atoms with Crippen LogP contribution in [0.15, 0.2) is 85.5 Å². The van der Waals surface area contributed by atoms with E-state index < -0.39 is 6.04 Å². The van der Waals surface area contributed by atoms with Crippen LogP contribution in [0.1, 0.15) is 20.0 Å². The lowest BCUT2D eigenvalue weighted by molar-refractivity contribution is 0.0850. The Morgan fingerprint density at radius 2 is 1.90 bits per heavy atom. The van der Waals surface area contributed by atoms with Gasteiger partial charge in [0.1, 0.15) is 6.04 Å². The van der Waals surface area contributed by atoms with E-state index in [1.165, 1.54) is 11.3 Å². The van der Waals surface area contributed by atoms with Crippen LogP contribution < -0.4 is 5.32 Å². The van der Waals surface area contributed by atoms with E-state index in [2.05, 4.69) is 10.3 Å². The fourth-order valence-corrected chi connectivity index (χ4v) is 4.19. The van der Waals surface area contributed by atoms with Gasteiger partial charge in [0.05, 0.1) is 17.7 Å². The largest absolute Gasteiger partial charge is 0.339 e. The normalized spacial score (nSPS) is 11.8. The molecule has 0 fully saturated rings. The average Bonchev–Trinajstić information content (AvgIpc) is 3.46. The highest BCUT2D eigenvalue weighted by Crippen LogP contribution is 2.29. The number of carbonyl (C=O) groups is 2. The summed E-state index contributed by atoms with van der Waals surface area (Å²) in [6, 6.07) is 19.4. The predicted octanol–water partition coefficient (Wildman–Crippen LogP) is 4.95. The smallest absolute Gasteiger partial charge is 0.262 e. The zero-order valence-corrected chi connectivity index (χ0v) is 17.4. The van der Waals surface area contributed by atoms with Crippen molar-refractivity contribution in [2.24, 2.45) is 0 Å². The number of amides is 1. The minimum atomic E-state index is -0.717. The number of ketones is 1. The van der Waals surface area contributed by atoms with Gasteiger partial charge in [-0.2, -0.15) is 0 Å². The molecular weight excluding hydrogens is 418 g/mol. The van der Waals surface area contributed by atoms with Crippen molar-refractivity contribution in [3.63, 3.8) is 0 Å². The molecular formula is C23H18ClN3O2S. The molecule has 0 aliphatic heterocycles. The van der Waals surface area contributed by atoms with E-state index in [4.69, 9.17) is 11.6 Å². The van der Waals surface area contributed by atoms with Crippen molar-refractivity contribution in [3.05, 3.63) is 101 Å². The highest BCUT2D eigenvalue weighted by molar-refractivity contribution is 7.17. The van der Waals surface area contributed by atoms with Gasteiger partial charge in [-0.15, -0.1) is 11.3 Å². The van der Waals surface area contributed by atoms with E-state index in [9.17, 15) is 9.59 Å². The number of nitrogens with zero attached hydrogens (tertiary/aromatic N) is 2. The summed E-state index contributed by atoms with van der Waals surface area (Å²) >= 11 is 7.43. The van der Waals surface area contributed by atoms with Crippen molar-refractivity contribution >= 4 is 34.6 Å². The van der Waals surface area contributed by atoms with Gasteiger partial charge in [0, 0.05) is 27.9 Å². The van der Waals surface area contributed by atoms with Crippen LogP contribution in [0, 0.1) is 0 Å². The lowest BCUT2D eigenvalue weighted by Gasteiger charge is -2.18. The first-order valence-corrected chi connectivity index (χ1v) is 10.5. The van der Waals surface area contributed by atoms with E-state index in [1.807, 2.05) is 36.4 Å². The topological polar surface area (TPSA) is 64.0 Å². The quantitative estimate of drug-likeness (QED) is 0.418. The zero-order valence-electron chi connectivity index (χ0n) is 15.9. The van der Waals surface area contributed by atoms with Gasteiger partial charge in [-0.25, -0.2) is 4.98 Å². The fourth-order valence-electron chi connectivity index (χ4n) is 3.09. The van der Waals surface area contributed by atoms with Crippen molar-refractivity contribution in [1.29, 1.82) is 0 Å². The summed E-state index contributed by atoms with van der Waals surface area (Å²) in [4.78, 5) is 31.5. The molecule has 4 aromatic rings. The molecule has 4 rings (SSSR count). The Morgan fingerprint density at radius 1 is 1.07 bits per heavy atom. The molecule has 7 heteroatoms. The molecule has 150 valence electrons. The second kappa shape index (κ2) is 9.07. The van der Waals surface area contributed by atoms with E-state index in [0.29, 0.717) is 22.0 Å². The predicted molar refractivity (Wildman–Crippen MR) is 119 cm³/mol. The molecule has 0 spiro atoms. The number of carbonyl (C=O) groups excluding carboxylic acids is 2. The molecule has 0 radical (unpaired) electrons.